The maximum Gasteiger partial charge on any atom is 0.281 e. The first kappa shape index (κ1) is 12.9. The molecule has 0 aromatic carbocycles. The van der Waals surface area contributed by atoms with Gasteiger partial charge in [-0.1, -0.05) is 6.42 Å². The van der Waals surface area contributed by atoms with E-state index in [4.69, 9.17) is 0 Å². The zero-order valence-corrected chi connectivity index (χ0v) is 10.5. The van der Waals surface area contributed by atoms with Gasteiger partial charge in [-0.2, -0.15) is 17.0 Å². The standard InChI is InChI=1S/C9H21N3O2S/c1-11(2)15(13,14)12(3)8-9-6-4-5-7-10-9/h9-10H,4-8H2,1-3H3. The number of nitrogens with zero attached hydrogens (tertiary/aromatic N) is 2. The Labute approximate surface area is 92.6 Å². The highest BCUT2D eigenvalue weighted by Crippen LogP contribution is 2.10. The smallest absolute Gasteiger partial charge is 0.281 e. The second-order valence-electron chi connectivity index (χ2n) is 4.22. The molecule has 1 saturated heterocycles. The van der Waals surface area contributed by atoms with E-state index < -0.39 is 10.2 Å². The van der Waals surface area contributed by atoms with E-state index in [9.17, 15) is 8.42 Å². The Morgan fingerprint density at radius 3 is 2.40 bits per heavy atom. The highest BCUT2D eigenvalue weighted by molar-refractivity contribution is 7.86. The lowest BCUT2D eigenvalue weighted by atomic mass is 10.1. The second kappa shape index (κ2) is 5.25. The van der Waals surface area contributed by atoms with Crippen LogP contribution in [0.2, 0.25) is 0 Å². The molecule has 0 amide bonds. The summed E-state index contributed by atoms with van der Waals surface area (Å²) in [5.41, 5.74) is 0. The Morgan fingerprint density at radius 1 is 1.27 bits per heavy atom. The lowest BCUT2D eigenvalue weighted by molar-refractivity contribution is 0.326. The third kappa shape index (κ3) is 3.41. The first-order chi connectivity index (χ1) is 6.94. The summed E-state index contributed by atoms with van der Waals surface area (Å²) in [7, 11) is 1.49. The number of likely N-dealkylation sites (N-methyl/N-ethyl adjacent to an activating group) is 1. The van der Waals surface area contributed by atoms with E-state index in [0.717, 1.165) is 13.0 Å². The van der Waals surface area contributed by atoms with Crippen molar-refractivity contribution in [2.24, 2.45) is 0 Å². The molecule has 0 radical (unpaired) electrons. The van der Waals surface area contributed by atoms with Crippen molar-refractivity contribution < 1.29 is 8.42 Å². The molecule has 1 heterocycles. The van der Waals surface area contributed by atoms with Gasteiger partial charge in [0, 0.05) is 33.7 Å². The molecule has 1 fully saturated rings. The first-order valence-electron chi connectivity index (χ1n) is 5.32. The summed E-state index contributed by atoms with van der Waals surface area (Å²) in [5, 5.41) is 3.34. The molecule has 0 aromatic rings. The molecule has 0 aliphatic carbocycles. The van der Waals surface area contributed by atoms with Gasteiger partial charge in [0.25, 0.3) is 10.2 Å². The van der Waals surface area contributed by atoms with Crippen molar-refractivity contribution in [1.29, 1.82) is 0 Å². The monoisotopic (exact) mass is 235 g/mol. The fourth-order valence-corrected chi connectivity index (χ4v) is 2.69. The Balaban J connectivity index is 2.50. The van der Waals surface area contributed by atoms with Gasteiger partial charge in [0.05, 0.1) is 0 Å². The van der Waals surface area contributed by atoms with Crippen molar-refractivity contribution in [1.82, 2.24) is 13.9 Å². The molecule has 0 spiro atoms. The van der Waals surface area contributed by atoms with Gasteiger partial charge in [0.2, 0.25) is 0 Å². The molecule has 1 atom stereocenters. The highest BCUT2D eigenvalue weighted by Gasteiger charge is 2.24. The maximum absolute atomic E-state index is 11.7. The van der Waals surface area contributed by atoms with E-state index in [1.165, 1.54) is 21.5 Å². The summed E-state index contributed by atoms with van der Waals surface area (Å²) in [6, 6.07) is 0.304. The second-order valence-corrected chi connectivity index (χ2v) is 6.47. The van der Waals surface area contributed by atoms with E-state index in [-0.39, 0.29) is 0 Å². The Morgan fingerprint density at radius 2 is 1.93 bits per heavy atom. The van der Waals surface area contributed by atoms with Crippen LogP contribution < -0.4 is 5.32 Å². The van der Waals surface area contributed by atoms with Gasteiger partial charge >= 0.3 is 0 Å². The molecule has 6 heteroatoms. The van der Waals surface area contributed by atoms with E-state index in [1.54, 1.807) is 21.1 Å². The van der Waals surface area contributed by atoms with E-state index in [1.807, 2.05) is 0 Å². The van der Waals surface area contributed by atoms with Gasteiger partial charge in [-0.05, 0) is 19.4 Å². The summed E-state index contributed by atoms with van der Waals surface area (Å²) < 4.78 is 26.1. The fourth-order valence-electron chi connectivity index (χ4n) is 1.76. The predicted molar refractivity (Wildman–Crippen MR) is 60.9 cm³/mol. The third-order valence-corrected chi connectivity index (χ3v) is 4.60. The number of hydrogen-bond acceptors (Lipinski definition) is 3. The van der Waals surface area contributed by atoms with Gasteiger partial charge in [0.1, 0.15) is 0 Å². The summed E-state index contributed by atoms with van der Waals surface area (Å²) in [6.07, 6.45) is 3.45. The van der Waals surface area contributed by atoms with Crippen LogP contribution in [0, 0.1) is 0 Å². The van der Waals surface area contributed by atoms with Crippen molar-refractivity contribution in [3.8, 4) is 0 Å². The molecule has 0 saturated carbocycles. The van der Waals surface area contributed by atoms with Crippen LogP contribution in [-0.4, -0.2) is 57.3 Å². The summed E-state index contributed by atoms with van der Waals surface area (Å²) >= 11 is 0. The Bertz CT molecular complexity index is 284. The van der Waals surface area contributed by atoms with Gasteiger partial charge in [-0.15, -0.1) is 0 Å². The van der Waals surface area contributed by atoms with Crippen molar-refractivity contribution in [3.63, 3.8) is 0 Å². The molecule has 15 heavy (non-hydrogen) atoms. The quantitative estimate of drug-likeness (QED) is 0.738. The van der Waals surface area contributed by atoms with Gasteiger partial charge in [0.15, 0.2) is 0 Å². The molecule has 1 N–H and O–H groups in total. The van der Waals surface area contributed by atoms with Crippen LogP contribution in [0.1, 0.15) is 19.3 Å². The molecule has 1 aliphatic heterocycles. The minimum atomic E-state index is -3.25. The molecule has 0 bridgehead atoms. The van der Waals surface area contributed by atoms with Crippen LogP contribution in [0.15, 0.2) is 0 Å². The average molecular weight is 235 g/mol. The topological polar surface area (TPSA) is 52.7 Å². The van der Waals surface area contributed by atoms with E-state index in [0.29, 0.717) is 12.6 Å². The van der Waals surface area contributed by atoms with E-state index in [2.05, 4.69) is 5.32 Å². The normalized spacial score (nSPS) is 23.7. The molecule has 5 nitrogen and oxygen atoms in total. The Kier molecular flexibility index (Phi) is 4.51. The molecular weight excluding hydrogens is 214 g/mol. The first-order valence-corrected chi connectivity index (χ1v) is 6.71. The molecule has 1 unspecified atom stereocenters. The predicted octanol–water partition coefficient (Wildman–Crippen LogP) is -0.133. The van der Waals surface area contributed by atoms with Gasteiger partial charge in [-0.25, -0.2) is 0 Å². The van der Waals surface area contributed by atoms with Crippen LogP contribution in [-0.2, 0) is 10.2 Å². The lowest BCUT2D eigenvalue weighted by Gasteiger charge is -2.29. The summed E-state index contributed by atoms with van der Waals surface area (Å²) in [6.45, 7) is 1.56. The van der Waals surface area contributed by atoms with Crippen molar-refractivity contribution in [2.45, 2.75) is 25.3 Å². The third-order valence-electron chi connectivity index (χ3n) is 2.75. The fraction of sp³-hybridized carbons (Fsp3) is 1.00. The van der Waals surface area contributed by atoms with Crippen LogP contribution in [0.5, 0.6) is 0 Å². The molecule has 1 rings (SSSR count). The van der Waals surface area contributed by atoms with Crippen LogP contribution >= 0.6 is 0 Å². The zero-order valence-electron chi connectivity index (χ0n) is 9.73. The number of nitrogens with one attached hydrogen (secondary N) is 1. The van der Waals surface area contributed by atoms with Crippen molar-refractivity contribution in [3.05, 3.63) is 0 Å². The Hall–Kier alpha value is -0.170. The lowest BCUT2D eigenvalue weighted by Crippen LogP contribution is -2.47. The molecule has 0 aromatic heterocycles. The highest BCUT2D eigenvalue weighted by atomic mass is 32.2. The van der Waals surface area contributed by atoms with Crippen molar-refractivity contribution >= 4 is 10.2 Å². The van der Waals surface area contributed by atoms with Crippen molar-refractivity contribution in [2.75, 3.05) is 34.2 Å². The molecule has 90 valence electrons. The minimum Gasteiger partial charge on any atom is -0.313 e. The van der Waals surface area contributed by atoms with Gasteiger partial charge < -0.3 is 5.32 Å². The number of hydrogen-bond donors (Lipinski definition) is 1. The van der Waals surface area contributed by atoms with Gasteiger partial charge in [-0.3, -0.25) is 0 Å². The van der Waals surface area contributed by atoms with E-state index >= 15 is 0 Å². The molecule has 1 aliphatic rings. The van der Waals surface area contributed by atoms with Crippen LogP contribution in [0.3, 0.4) is 0 Å². The summed E-state index contributed by atoms with van der Waals surface area (Å²) in [4.78, 5) is 0. The number of piperidine rings is 1. The zero-order chi connectivity index (χ0) is 11.5. The minimum absolute atomic E-state index is 0.304. The SMILES string of the molecule is CN(C)S(=O)(=O)N(C)CC1CCCCN1. The van der Waals surface area contributed by atoms with Crippen LogP contribution in [0.4, 0.5) is 0 Å². The number of rotatable bonds is 4. The molecular formula is C9H21N3O2S. The summed E-state index contributed by atoms with van der Waals surface area (Å²) in [5.74, 6) is 0. The average Bonchev–Trinajstić information content (AvgIpc) is 2.18. The largest absolute Gasteiger partial charge is 0.313 e. The van der Waals surface area contributed by atoms with Crippen LogP contribution in [0.25, 0.3) is 0 Å². The maximum atomic E-state index is 11.7.